The lowest BCUT2D eigenvalue weighted by molar-refractivity contribution is 0.0688. The van der Waals surface area contributed by atoms with Gasteiger partial charge in [0.25, 0.3) is 5.88 Å². The van der Waals surface area contributed by atoms with Crippen molar-refractivity contribution in [3.63, 3.8) is 0 Å². The Morgan fingerprint density at radius 2 is 2.10 bits per heavy atom. The molecule has 1 aliphatic carbocycles. The Kier molecular flexibility index (Phi) is 3.84. The summed E-state index contributed by atoms with van der Waals surface area (Å²) >= 11 is 0.808. The van der Waals surface area contributed by atoms with Gasteiger partial charge < -0.3 is 9.84 Å². The number of hydrogen-bond acceptors (Lipinski definition) is 5. The van der Waals surface area contributed by atoms with Crippen LogP contribution in [0.2, 0.25) is 0 Å². The molecule has 1 heterocycles. The van der Waals surface area contributed by atoms with E-state index in [0.29, 0.717) is 5.75 Å². The van der Waals surface area contributed by atoms with Gasteiger partial charge in [-0.15, -0.1) is 4.37 Å². The summed E-state index contributed by atoms with van der Waals surface area (Å²) in [5, 5.41) is 8.93. The van der Waals surface area contributed by atoms with Gasteiger partial charge in [-0.2, -0.15) is 4.37 Å². The van der Waals surface area contributed by atoms with E-state index >= 15 is 0 Å². The quantitative estimate of drug-likeness (QED) is 0.878. The minimum Gasteiger partial charge on any atom is -0.476 e. The molecule has 106 valence electrons. The second kappa shape index (κ2) is 5.94. The second-order valence-corrected chi connectivity index (χ2v) is 5.33. The first-order valence-electron chi connectivity index (χ1n) is 6.55. The molecular formula is C15H12N2O3S. The second-order valence-electron chi connectivity index (χ2n) is 4.80. The van der Waals surface area contributed by atoms with E-state index in [2.05, 4.69) is 20.6 Å². The number of benzene rings is 1. The van der Waals surface area contributed by atoms with Gasteiger partial charge in [0, 0.05) is 12.0 Å². The first kappa shape index (κ1) is 13.6. The van der Waals surface area contributed by atoms with Crippen molar-refractivity contribution in [3.8, 4) is 23.5 Å². The third-order valence-electron chi connectivity index (χ3n) is 3.05. The number of rotatable bonds is 4. The fourth-order valence-corrected chi connectivity index (χ4v) is 2.19. The fraction of sp³-hybridized carbons (Fsp3) is 0.267. The number of hydrogen-bond donors (Lipinski definition) is 1. The predicted molar refractivity (Wildman–Crippen MR) is 77.6 cm³/mol. The van der Waals surface area contributed by atoms with Crippen molar-refractivity contribution in [1.82, 2.24) is 8.75 Å². The van der Waals surface area contributed by atoms with Crippen molar-refractivity contribution >= 4 is 17.7 Å². The minimum absolute atomic E-state index is 0.0140. The van der Waals surface area contributed by atoms with E-state index in [9.17, 15) is 4.79 Å². The van der Waals surface area contributed by atoms with Crippen LogP contribution >= 0.6 is 11.7 Å². The normalized spacial score (nSPS) is 13.3. The van der Waals surface area contributed by atoms with Crippen LogP contribution in [0, 0.1) is 17.8 Å². The van der Waals surface area contributed by atoms with Crippen molar-refractivity contribution in [2.75, 3.05) is 0 Å². The van der Waals surface area contributed by atoms with Crippen LogP contribution in [-0.4, -0.2) is 19.8 Å². The van der Waals surface area contributed by atoms with Crippen LogP contribution in [0.25, 0.3) is 0 Å². The van der Waals surface area contributed by atoms with Gasteiger partial charge in [0.2, 0.25) is 5.69 Å². The molecule has 6 heteroatoms. The summed E-state index contributed by atoms with van der Waals surface area (Å²) in [6.07, 6.45) is 3.56. The van der Waals surface area contributed by atoms with Gasteiger partial charge in [0.1, 0.15) is 5.75 Å². The maximum absolute atomic E-state index is 10.9. The highest BCUT2D eigenvalue weighted by Crippen LogP contribution is 2.31. The Labute approximate surface area is 125 Å². The molecular weight excluding hydrogens is 288 g/mol. The average molecular weight is 300 g/mol. The van der Waals surface area contributed by atoms with E-state index in [0.717, 1.165) is 29.6 Å². The van der Waals surface area contributed by atoms with Gasteiger partial charge in [-0.1, -0.05) is 11.8 Å². The van der Waals surface area contributed by atoms with Crippen molar-refractivity contribution in [1.29, 1.82) is 0 Å². The zero-order chi connectivity index (χ0) is 14.7. The van der Waals surface area contributed by atoms with Crippen LogP contribution in [-0.2, 0) is 0 Å². The Bertz CT molecular complexity index is 709. The molecule has 0 radical (unpaired) electrons. The molecule has 0 atom stereocenters. The average Bonchev–Trinajstić information content (AvgIpc) is 3.17. The first-order chi connectivity index (χ1) is 10.2. The fourth-order valence-electron chi connectivity index (χ4n) is 1.72. The van der Waals surface area contributed by atoms with Crippen LogP contribution in [0.15, 0.2) is 24.3 Å². The Morgan fingerprint density at radius 1 is 1.33 bits per heavy atom. The number of aromatic carboxylic acids is 1. The lowest BCUT2D eigenvalue weighted by Gasteiger charge is -2.02. The highest BCUT2D eigenvalue weighted by Gasteiger charge is 2.19. The maximum atomic E-state index is 10.9. The van der Waals surface area contributed by atoms with Crippen LogP contribution in [0.4, 0.5) is 0 Å². The van der Waals surface area contributed by atoms with Gasteiger partial charge in [0.15, 0.2) is 0 Å². The smallest absolute Gasteiger partial charge is 0.361 e. The largest absolute Gasteiger partial charge is 0.476 e. The predicted octanol–water partition coefficient (Wildman–Crippen LogP) is 3.18. The molecule has 1 N–H and O–H groups in total. The first-order valence-corrected chi connectivity index (χ1v) is 7.28. The van der Waals surface area contributed by atoms with Crippen molar-refractivity contribution < 1.29 is 14.6 Å². The van der Waals surface area contributed by atoms with Crippen LogP contribution in [0.5, 0.6) is 11.6 Å². The molecule has 1 aliphatic rings. The molecule has 1 saturated carbocycles. The number of aromatic nitrogens is 2. The summed E-state index contributed by atoms with van der Waals surface area (Å²) in [6, 6.07) is 7.17. The van der Waals surface area contributed by atoms with Crippen molar-refractivity contribution in [2.24, 2.45) is 5.92 Å². The van der Waals surface area contributed by atoms with Crippen LogP contribution < -0.4 is 4.74 Å². The van der Waals surface area contributed by atoms with E-state index in [-0.39, 0.29) is 11.6 Å². The molecule has 0 spiro atoms. The highest BCUT2D eigenvalue weighted by molar-refractivity contribution is 6.99. The third kappa shape index (κ3) is 3.58. The van der Waals surface area contributed by atoms with E-state index in [1.54, 1.807) is 12.1 Å². The number of carbonyl (C=O) groups is 1. The number of carboxylic acid groups (broad SMARTS) is 1. The summed E-state index contributed by atoms with van der Waals surface area (Å²) in [5.41, 5.74) is 0.742. The Morgan fingerprint density at radius 3 is 2.76 bits per heavy atom. The molecule has 5 nitrogen and oxygen atoms in total. The molecule has 21 heavy (non-hydrogen) atoms. The van der Waals surface area contributed by atoms with Gasteiger partial charge in [-0.05, 0) is 43.0 Å². The molecule has 0 unspecified atom stereocenters. The van der Waals surface area contributed by atoms with Gasteiger partial charge in [-0.25, -0.2) is 4.79 Å². The Balaban J connectivity index is 1.67. The standard InChI is InChI=1S/C15H12N2O3S/c18-15(19)13-14(17-21-16-13)20-12-8-6-11(7-9-12)3-1-2-10-4-5-10/h6-10H,2,4-5H2,(H,18,19). The minimum atomic E-state index is -1.15. The highest BCUT2D eigenvalue weighted by atomic mass is 32.1. The maximum Gasteiger partial charge on any atom is 0.361 e. The molecule has 1 aromatic carbocycles. The molecule has 2 aromatic rings. The summed E-state index contributed by atoms with van der Waals surface area (Å²) in [6.45, 7) is 0. The molecule has 0 aliphatic heterocycles. The zero-order valence-electron chi connectivity index (χ0n) is 11.1. The molecule has 0 saturated heterocycles. The lowest BCUT2D eigenvalue weighted by Crippen LogP contribution is -1.99. The SMILES string of the molecule is O=C(O)c1nsnc1Oc1ccc(C#CCC2CC2)cc1. The van der Waals surface area contributed by atoms with Crippen LogP contribution in [0.1, 0.15) is 35.3 Å². The molecule has 0 amide bonds. The van der Waals surface area contributed by atoms with Gasteiger partial charge in [-0.3, -0.25) is 0 Å². The molecule has 0 bridgehead atoms. The number of ether oxygens (including phenoxy) is 1. The topological polar surface area (TPSA) is 72.3 Å². The van der Waals surface area contributed by atoms with Crippen molar-refractivity contribution in [2.45, 2.75) is 19.3 Å². The van der Waals surface area contributed by atoms with E-state index in [1.807, 2.05) is 12.1 Å². The Hall–Kier alpha value is -2.39. The van der Waals surface area contributed by atoms with Crippen molar-refractivity contribution in [3.05, 3.63) is 35.5 Å². The van der Waals surface area contributed by atoms with E-state index in [4.69, 9.17) is 9.84 Å². The zero-order valence-corrected chi connectivity index (χ0v) is 11.9. The van der Waals surface area contributed by atoms with Gasteiger partial charge >= 0.3 is 5.97 Å². The van der Waals surface area contributed by atoms with E-state index < -0.39 is 5.97 Å². The number of carboxylic acids is 1. The third-order valence-corrected chi connectivity index (χ3v) is 3.56. The summed E-state index contributed by atoms with van der Waals surface area (Å²) in [4.78, 5) is 10.9. The van der Waals surface area contributed by atoms with Crippen LogP contribution in [0.3, 0.4) is 0 Å². The monoisotopic (exact) mass is 300 g/mol. The van der Waals surface area contributed by atoms with E-state index in [1.165, 1.54) is 12.8 Å². The summed E-state index contributed by atoms with van der Waals surface area (Å²) in [7, 11) is 0. The number of nitrogens with zero attached hydrogens (tertiary/aromatic N) is 2. The van der Waals surface area contributed by atoms with Gasteiger partial charge in [0.05, 0.1) is 11.7 Å². The molecule has 1 fully saturated rings. The lowest BCUT2D eigenvalue weighted by atomic mass is 10.2. The summed E-state index contributed by atoms with van der Waals surface area (Å²) < 4.78 is 12.9. The summed E-state index contributed by atoms with van der Waals surface area (Å²) in [5.74, 6) is 6.44. The molecule has 1 aromatic heterocycles. The molecule has 3 rings (SSSR count).